The lowest BCUT2D eigenvalue weighted by molar-refractivity contribution is 0.154. The summed E-state index contributed by atoms with van der Waals surface area (Å²) in [6, 6.07) is 34.9. The molecule has 0 bridgehead atoms. The predicted molar refractivity (Wildman–Crippen MR) is 162 cm³/mol. The van der Waals surface area contributed by atoms with Crippen molar-refractivity contribution >= 4 is 0 Å². The van der Waals surface area contributed by atoms with Crippen molar-refractivity contribution in [1.82, 2.24) is 14.9 Å². The normalized spacial score (nSPS) is 12.3. The lowest BCUT2D eigenvalue weighted by atomic mass is 9.99. The zero-order valence-electron chi connectivity index (χ0n) is 23.5. The summed E-state index contributed by atoms with van der Waals surface area (Å²) in [6.45, 7) is 5.48. The van der Waals surface area contributed by atoms with Crippen molar-refractivity contribution in [3.8, 4) is 28.3 Å². The van der Waals surface area contributed by atoms with E-state index < -0.39 is 11.9 Å². The molecule has 1 heterocycles. The van der Waals surface area contributed by atoms with Crippen LogP contribution in [0, 0.1) is 5.82 Å². The third-order valence-corrected chi connectivity index (χ3v) is 7.26. The summed E-state index contributed by atoms with van der Waals surface area (Å²) in [5, 5.41) is 14.2. The van der Waals surface area contributed by atoms with E-state index in [1.807, 2.05) is 73.1 Å². The minimum Gasteiger partial charge on any atom is -0.489 e. The smallest absolute Gasteiger partial charge is 0.132 e. The number of imidazole rings is 1. The van der Waals surface area contributed by atoms with Crippen LogP contribution in [0.4, 0.5) is 4.39 Å². The lowest BCUT2D eigenvalue weighted by Gasteiger charge is -2.28. The Hall–Kier alpha value is -4.26. The maximum atomic E-state index is 14.9. The molecule has 1 atom stereocenters. The van der Waals surface area contributed by atoms with E-state index in [2.05, 4.69) is 48.0 Å². The van der Waals surface area contributed by atoms with Gasteiger partial charge in [-0.15, -0.1) is 0 Å². The van der Waals surface area contributed by atoms with Crippen LogP contribution in [-0.2, 0) is 13.2 Å². The molecule has 0 amide bonds. The molecule has 210 valence electrons. The number of aliphatic hydroxyl groups is 1. The maximum absolute atomic E-state index is 14.9. The van der Waals surface area contributed by atoms with Gasteiger partial charge in [0.2, 0.25) is 0 Å². The number of aromatic nitrogens is 2. The Kier molecular flexibility index (Phi) is 8.92. The first-order valence-corrected chi connectivity index (χ1v) is 13.9. The summed E-state index contributed by atoms with van der Waals surface area (Å²) < 4.78 is 22.8. The zero-order chi connectivity index (χ0) is 28.7. The summed E-state index contributed by atoms with van der Waals surface area (Å²) in [6.07, 6.45) is 1.68. The number of hydrogen-bond donors (Lipinski definition) is 2. The number of benzene rings is 4. The molecule has 1 aromatic heterocycles. The van der Waals surface area contributed by atoms with Gasteiger partial charge in [0.15, 0.2) is 0 Å². The average Bonchev–Trinajstić information content (AvgIpc) is 3.43. The molecule has 0 aliphatic carbocycles. The van der Waals surface area contributed by atoms with E-state index in [4.69, 9.17) is 9.72 Å². The Bertz CT molecular complexity index is 1540. The van der Waals surface area contributed by atoms with E-state index in [0.29, 0.717) is 12.4 Å². The molecule has 0 aliphatic heterocycles. The van der Waals surface area contributed by atoms with Gasteiger partial charge in [0, 0.05) is 41.4 Å². The van der Waals surface area contributed by atoms with Crippen LogP contribution in [0.1, 0.15) is 37.5 Å². The topological polar surface area (TPSA) is 59.3 Å². The van der Waals surface area contributed by atoms with Gasteiger partial charge in [0.05, 0.1) is 23.8 Å². The van der Waals surface area contributed by atoms with E-state index in [0.717, 1.165) is 41.0 Å². The summed E-state index contributed by atoms with van der Waals surface area (Å²) in [5.74, 6) is -0.0537. The number of rotatable bonds is 12. The van der Waals surface area contributed by atoms with E-state index in [1.165, 1.54) is 6.07 Å². The van der Waals surface area contributed by atoms with Crippen LogP contribution < -0.4 is 10.1 Å². The molecular weight excluding hydrogens is 513 g/mol. The Morgan fingerprint density at radius 3 is 2.17 bits per heavy atom. The van der Waals surface area contributed by atoms with E-state index >= 15 is 0 Å². The summed E-state index contributed by atoms with van der Waals surface area (Å²) in [4.78, 5) is 4.78. The highest BCUT2D eigenvalue weighted by Crippen LogP contribution is 2.32. The number of aliphatic hydroxyl groups excluding tert-OH is 1. The van der Waals surface area contributed by atoms with Crippen molar-refractivity contribution in [2.24, 2.45) is 0 Å². The molecule has 41 heavy (non-hydrogen) atoms. The van der Waals surface area contributed by atoms with Gasteiger partial charge < -0.3 is 19.7 Å². The minimum absolute atomic E-state index is 0.221. The molecule has 5 rings (SSSR count). The molecule has 5 aromatic rings. The second-order valence-electron chi connectivity index (χ2n) is 10.9. The van der Waals surface area contributed by atoms with Crippen LogP contribution in [0.15, 0.2) is 116 Å². The molecule has 6 heteroatoms. The van der Waals surface area contributed by atoms with Gasteiger partial charge in [-0.2, -0.15) is 0 Å². The van der Waals surface area contributed by atoms with Crippen LogP contribution in [0.2, 0.25) is 0 Å². The highest BCUT2D eigenvalue weighted by Gasteiger charge is 2.22. The summed E-state index contributed by atoms with van der Waals surface area (Å²) in [5.41, 5.74) is 5.14. The third-order valence-electron chi connectivity index (χ3n) is 7.26. The standard InChI is InChI=1S/C35H36FN3O2/c1-35(2,38-23-32(40)30-19-18-29(22-31(30)36)41-24-26-12-6-3-7-13-26)20-21-39-25-37-33(27-14-8-4-9-15-27)34(39)28-16-10-5-11-17-28/h3-19,22,25,32,38,40H,20-21,23-24H2,1-2H3. The SMILES string of the molecule is CC(C)(CCn1cnc(-c2ccccc2)c1-c1ccccc1)NCC(O)c1ccc(OCc2ccccc2)cc1F. The van der Waals surface area contributed by atoms with E-state index in [9.17, 15) is 9.50 Å². The fourth-order valence-corrected chi connectivity index (χ4v) is 4.84. The maximum Gasteiger partial charge on any atom is 0.132 e. The number of aryl methyl sites for hydroxylation is 1. The van der Waals surface area contributed by atoms with Crippen LogP contribution in [0.5, 0.6) is 5.75 Å². The minimum atomic E-state index is -0.991. The van der Waals surface area contributed by atoms with Gasteiger partial charge >= 0.3 is 0 Å². The van der Waals surface area contributed by atoms with Crippen LogP contribution in [-0.4, -0.2) is 26.7 Å². The Balaban J connectivity index is 1.21. The van der Waals surface area contributed by atoms with Crippen molar-refractivity contribution in [2.75, 3.05) is 6.54 Å². The van der Waals surface area contributed by atoms with Crippen molar-refractivity contribution in [3.05, 3.63) is 132 Å². The fraction of sp³-hybridized carbons (Fsp3) is 0.229. The van der Waals surface area contributed by atoms with Gasteiger partial charge in [0.1, 0.15) is 18.2 Å². The highest BCUT2D eigenvalue weighted by atomic mass is 19.1. The zero-order valence-corrected chi connectivity index (χ0v) is 23.5. The molecule has 2 N–H and O–H groups in total. The van der Waals surface area contributed by atoms with E-state index in [1.54, 1.807) is 12.1 Å². The van der Waals surface area contributed by atoms with Gasteiger partial charge in [-0.3, -0.25) is 0 Å². The molecule has 1 unspecified atom stereocenters. The molecule has 0 aliphatic rings. The molecule has 0 spiro atoms. The van der Waals surface area contributed by atoms with Crippen molar-refractivity contribution < 1.29 is 14.2 Å². The Morgan fingerprint density at radius 2 is 1.51 bits per heavy atom. The van der Waals surface area contributed by atoms with Crippen molar-refractivity contribution in [3.63, 3.8) is 0 Å². The number of nitrogens with one attached hydrogen (secondary N) is 1. The number of halogens is 1. The van der Waals surface area contributed by atoms with Gasteiger partial charge in [-0.25, -0.2) is 9.37 Å². The molecule has 5 nitrogen and oxygen atoms in total. The Labute approximate surface area is 241 Å². The molecule has 0 radical (unpaired) electrons. The summed E-state index contributed by atoms with van der Waals surface area (Å²) in [7, 11) is 0. The molecular formula is C35H36FN3O2. The largest absolute Gasteiger partial charge is 0.489 e. The Morgan fingerprint density at radius 1 is 0.878 bits per heavy atom. The molecule has 0 saturated heterocycles. The lowest BCUT2D eigenvalue weighted by Crippen LogP contribution is -2.42. The summed E-state index contributed by atoms with van der Waals surface area (Å²) >= 11 is 0. The van der Waals surface area contributed by atoms with Crippen molar-refractivity contribution in [2.45, 2.75) is 45.1 Å². The fourth-order valence-electron chi connectivity index (χ4n) is 4.84. The first kappa shape index (κ1) is 28.3. The second kappa shape index (κ2) is 12.9. The first-order valence-electron chi connectivity index (χ1n) is 13.9. The molecule has 0 fully saturated rings. The van der Waals surface area contributed by atoms with Crippen molar-refractivity contribution in [1.29, 1.82) is 0 Å². The number of ether oxygens (including phenoxy) is 1. The van der Waals surface area contributed by atoms with Gasteiger partial charge in [0.25, 0.3) is 0 Å². The highest BCUT2D eigenvalue weighted by molar-refractivity contribution is 5.78. The van der Waals surface area contributed by atoms with Crippen LogP contribution in [0.3, 0.4) is 0 Å². The molecule has 0 saturated carbocycles. The monoisotopic (exact) mass is 549 g/mol. The number of β-amino-alcohol motifs (C(OH)–C–C–N with tert-alkyl or cyclic N) is 1. The molecule has 4 aromatic carbocycles. The van der Waals surface area contributed by atoms with Gasteiger partial charge in [-0.1, -0.05) is 91.0 Å². The first-order chi connectivity index (χ1) is 19.9. The number of nitrogens with zero attached hydrogens (tertiary/aromatic N) is 2. The van der Waals surface area contributed by atoms with Crippen LogP contribution >= 0.6 is 0 Å². The number of hydrogen-bond acceptors (Lipinski definition) is 4. The third kappa shape index (κ3) is 7.28. The van der Waals surface area contributed by atoms with Gasteiger partial charge in [-0.05, 0) is 38.0 Å². The predicted octanol–water partition coefficient (Wildman–Crippen LogP) is 7.43. The quantitative estimate of drug-likeness (QED) is 0.170. The van der Waals surface area contributed by atoms with E-state index in [-0.39, 0.29) is 17.6 Å². The second-order valence-corrected chi connectivity index (χ2v) is 10.9. The average molecular weight is 550 g/mol. The van der Waals surface area contributed by atoms with Crippen LogP contribution in [0.25, 0.3) is 22.5 Å².